The summed E-state index contributed by atoms with van der Waals surface area (Å²) in [6, 6.07) is 5.75. The molecule has 18 heavy (non-hydrogen) atoms. The van der Waals surface area contributed by atoms with Gasteiger partial charge in [-0.3, -0.25) is 14.9 Å². The molecule has 1 atom stereocenters. The smallest absolute Gasteiger partial charge is 0.271 e. The fourth-order valence-corrected chi connectivity index (χ4v) is 1.83. The molecule has 7 heteroatoms. The number of halogens is 1. The van der Waals surface area contributed by atoms with Gasteiger partial charge in [0.25, 0.3) is 5.69 Å². The van der Waals surface area contributed by atoms with Gasteiger partial charge in [0.1, 0.15) is 0 Å². The Balaban J connectivity index is 0.00000162. The second kappa shape index (κ2) is 6.32. The first-order chi connectivity index (χ1) is 8.16. The summed E-state index contributed by atoms with van der Waals surface area (Å²) in [6.07, 6.45) is 1.79. The highest BCUT2D eigenvalue weighted by Crippen LogP contribution is 2.17. The molecule has 0 aliphatic carbocycles. The van der Waals surface area contributed by atoms with E-state index in [0.717, 1.165) is 19.4 Å². The Kier molecular flexibility index (Phi) is 5.06. The molecule has 0 spiro atoms. The van der Waals surface area contributed by atoms with Crippen molar-refractivity contribution in [3.05, 3.63) is 34.4 Å². The van der Waals surface area contributed by atoms with Gasteiger partial charge in [-0.2, -0.15) is 0 Å². The highest BCUT2D eigenvalue weighted by Gasteiger charge is 2.22. The third-order valence-electron chi connectivity index (χ3n) is 2.70. The Morgan fingerprint density at radius 3 is 2.89 bits per heavy atom. The van der Waals surface area contributed by atoms with Gasteiger partial charge in [0.05, 0.1) is 11.0 Å². The van der Waals surface area contributed by atoms with Gasteiger partial charge in [-0.25, -0.2) is 0 Å². The van der Waals surface area contributed by atoms with Gasteiger partial charge >= 0.3 is 0 Å². The van der Waals surface area contributed by atoms with Crippen LogP contribution in [0.1, 0.15) is 12.8 Å². The van der Waals surface area contributed by atoms with Gasteiger partial charge in [-0.1, -0.05) is 6.07 Å². The number of non-ortho nitro benzene ring substituents is 1. The van der Waals surface area contributed by atoms with Gasteiger partial charge in [0.2, 0.25) is 5.91 Å². The molecule has 1 saturated heterocycles. The summed E-state index contributed by atoms with van der Waals surface area (Å²) in [5, 5.41) is 16.3. The second-order valence-electron chi connectivity index (χ2n) is 3.95. The number of rotatable bonds is 3. The quantitative estimate of drug-likeness (QED) is 0.647. The molecule has 2 rings (SSSR count). The lowest BCUT2D eigenvalue weighted by Gasteiger charge is -2.10. The number of carbonyl (C=O) groups is 1. The van der Waals surface area contributed by atoms with Crippen LogP contribution in [-0.4, -0.2) is 23.4 Å². The molecule has 1 heterocycles. The van der Waals surface area contributed by atoms with Crippen molar-refractivity contribution in [2.75, 3.05) is 11.9 Å². The topological polar surface area (TPSA) is 84.3 Å². The molecule has 0 saturated carbocycles. The number of carbonyl (C=O) groups excluding carboxylic acids is 1. The van der Waals surface area contributed by atoms with Crippen molar-refractivity contribution in [3.8, 4) is 0 Å². The summed E-state index contributed by atoms with van der Waals surface area (Å²) in [6.45, 7) is 0.840. The van der Waals surface area contributed by atoms with Crippen molar-refractivity contribution in [2.24, 2.45) is 0 Å². The van der Waals surface area contributed by atoms with Gasteiger partial charge in [0, 0.05) is 17.8 Å². The lowest BCUT2D eigenvalue weighted by molar-refractivity contribution is -0.384. The number of nitrogens with zero attached hydrogens (tertiary/aromatic N) is 1. The van der Waals surface area contributed by atoms with Crippen LogP contribution in [-0.2, 0) is 4.79 Å². The highest BCUT2D eigenvalue weighted by molar-refractivity contribution is 5.95. The summed E-state index contributed by atoms with van der Waals surface area (Å²) >= 11 is 0. The predicted molar refractivity (Wildman–Crippen MR) is 70.0 cm³/mol. The number of nitro benzene ring substituents is 1. The molecule has 0 aromatic heterocycles. The van der Waals surface area contributed by atoms with Crippen LogP contribution in [0.25, 0.3) is 0 Å². The van der Waals surface area contributed by atoms with Crippen molar-refractivity contribution < 1.29 is 9.72 Å². The van der Waals surface area contributed by atoms with Crippen molar-refractivity contribution in [1.29, 1.82) is 0 Å². The van der Waals surface area contributed by atoms with Crippen LogP contribution in [0.4, 0.5) is 11.4 Å². The third-order valence-corrected chi connectivity index (χ3v) is 2.70. The summed E-state index contributed by atoms with van der Waals surface area (Å²) in [7, 11) is 0. The minimum Gasteiger partial charge on any atom is -0.324 e. The first-order valence-electron chi connectivity index (χ1n) is 5.45. The first-order valence-corrected chi connectivity index (χ1v) is 5.45. The van der Waals surface area contributed by atoms with Crippen LogP contribution in [0.3, 0.4) is 0 Å². The van der Waals surface area contributed by atoms with Crippen molar-refractivity contribution in [1.82, 2.24) is 5.32 Å². The zero-order valence-corrected chi connectivity index (χ0v) is 10.4. The standard InChI is InChI=1S/C11H13N3O3.ClH/c15-11(10-5-2-6-12-10)13-8-3-1-4-9(7-8)14(16)17;/h1,3-4,7,10,12H,2,5-6H2,(H,13,15);1H. The van der Waals surface area contributed by atoms with E-state index in [2.05, 4.69) is 10.6 Å². The van der Waals surface area contributed by atoms with E-state index < -0.39 is 4.92 Å². The van der Waals surface area contributed by atoms with Crippen LogP contribution >= 0.6 is 12.4 Å². The monoisotopic (exact) mass is 271 g/mol. The fraction of sp³-hybridized carbons (Fsp3) is 0.364. The molecule has 1 fully saturated rings. The van der Waals surface area contributed by atoms with Crippen LogP contribution in [0, 0.1) is 10.1 Å². The summed E-state index contributed by atoms with van der Waals surface area (Å²) < 4.78 is 0. The number of nitrogens with one attached hydrogen (secondary N) is 2. The van der Waals surface area contributed by atoms with Crippen LogP contribution in [0.5, 0.6) is 0 Å². The molecule has 0 radical (unpaired) electrons. The maximum absolute atomic E-state index is 11.8. The molecule has 1 aliphatic rings. The van der Waals surface area contributed by atoms with Crippen molar-refractivity contribution >= 4 is 29.7 Å². The van der Waals surface area contributed by atoms with Crippen LogP contribution in [0.2, 0.25) is 0 Å². The number of benzene rings is 1. The largest absolute Gasteiger partial charge is 0.324 e. The van der Waals surface area contributed by atoms with Crippen molar-refractivity contribution in [2.45, 2.75) is 18.9 Å². The maximum atomic E-state index is 11.8. The first kappa shape index (κ1) is 14.4. The average molecular weight is 272 g/mol. The molecule has 2 N–H and O–H groups in total. The average Bonchev–Trinajstić information content (AvgIpc) is 2.82. The molecular weight excluding hydrogens is 258 g/mol. The molecule has 0 bridgehead atoms. The molecule has 1 aromatic carbocycles. The van der Waals surface area contributed by atoms with Gasteiger partial charge < -0.3 is 10.6 Å². The number of anilines is 1. The normalized spacial score (nSPS) is 17.9. The lowest BCUT2D eigenvalue weighted by atomic mass is 10.2. The number of nitro groups is 1. The molecule has 1 unspecified atom stereocenters. The van der Waals surface area contributed by atoms with E-state index >= 15 is 0 Å². The Labute approximate surface area is 110 Å². The van der Waals surface area contributed by atoms with E-state index in [0.29, 0.717) is 5.69 Å². The number of hydrogen-bond donors (Lipinski definition) is 2. The Morgan fingerprint density at radius 2 is 2.28 bits per heavy atom. The van der Waals surface area contributed by atoms with Gasteiger partial charge in [-0.15, -0.1) is 12.4 Å². The third kappa shape index (κ3) is 3.41. The highest BCUT2D eigenvalue weighted by atomic mass is 35.5. The minimum absolute atomic E-state index is 0. The van der Waals surface area contributed by atoms with E-state index in [4.69, 9.17) is 0 Å². The van der Waals surface area contributed by atoms with E-state index in [1.807, 2.05) is 0 Å². The lowest BCUT2D eigenvalue weighted by Crippen LogP contribution is -2.35. The van der Waals surface area contributed by atoms with Crippen LogP contribution < -0.4 is 10.6 Å². The molecule has 1 amide bonds. The molecular formula is C11H14ClN3O3. The zero-order chi connectivity index (χ0) is 12.3. The van der Waals surface area contributed by atoms with Crippen molar-refractivity contribution in [3.63, 3.8) is 0 Å². The van der Waals surface area contributed by atoms with Gasteiger partial charge in [0.15, 0.2) is 0 Å². The number of amides is 1. The Morgan fingerprint density at radius 1 is 1.50 bits per heavy atom. The summed E-state index contributed by atoms with van der Waals surface area (Å²) in [5.41, 5.74) is 0.431. The zero-order valence-electron chi connectivity index (χ0n) is 9.59. The molecule has 6 nitrogen and oxygen atoms in total. The van der Waals surface area contributed by atoms with Crippen LogP contribution in [0.15, 0.2) is 24.3 Å². The van der Waals surface area contributed by atoms with E-state index in [9.17, 15) is 14.9 Å². The van der Waals surface area contributed by atoms with E-state index in [1.54, 1.807) is 12.1 Å². The summed E-state index contributed by atoms with van der Waals surface area (Å²) in [4.78, 5) is 21.8. The van der Waals surface area contributed by atoms with E-state index in [-0.39, 0.29) is 30.0 Å². The molecule has 98 valence electrons. The molecule has 1 aromatic rings. The Bertz CT molecular complexity index is 447. The second-order valence-corrected chi connectivity index (χ2v) is 3.95. The Hall–Kier alpha value is -1.66. The van der Waals surface area contributed by atoms with Gasteiger partial charge in [-0.05, 0) is 25.5 Å². The fourth-order valence-electron chi connectivity index (χ4n) is 1.83. The number of hydrogen-bond acceptors (Lipinski definition) is 4. The SMILES string of the molecule is Cl.O=C(Nc1cccc([N+](=O)[O-])c1)C1CCCN1. The predicted octanol–water partition coefficient (Wildman–Crippen LogP) is 1.71. The maximum Gasteiger partial charge on any atom is 0.271 e. The molecule has 1 aliphatic heterocycles. The van der Waals surface area contributed by atoms with E-state index in [1.165, 1.54) is 12.1 Å². The summed E-state index contributed by atoms with van der Waals surface area (Å²) in [5.74, 6) is -0.136. The minimum atomic E-state index is -0.483.